The molecule has 0 aliphatic carbocycles. The number of hydrogen-bond donors (Lipinski definition) is 0. The monoisotopic (exact) mass is 557 g/mol. The zero-order chi connectivity index (χ0) is 24.4. The van der Waals surface area contributed by atoms with Crippen LogP contribution >= 0.6 is 39.9 Å². The highest BCUT2D eigenvalue weighted by Gasteiger charge is 2.31. The first-order valence-corrected chi connectivity index (χ1v) is 13.2. The first kappa shape index (κ1) is 27.7. The fourth-order valence-corrected chi connectivity index (χ4v) is 5.02. The van der Waals surface area contributed by atoms with Crippen molar-refractivity contribution in [2.45, 2.75) is 52.9 Å². The highest BCUT2D eigenvalue weighted by atomic mass is 79.9. The van der Waals surface area contributed by atoms with E-state index in [0.29, 0.717) is 52.8 Å². The van der Waals surface area contributed by atoms with Gasteiger partial charge in [0.2, 0.25) is 0 Å². The number of halogens is 1. The second kappa shape index (κ2) is 14.0. The van der Waals surface area contributed by atoms with Gasteiger partial charge in [0, 0.05) is 13.0 Å². The summed E-state index contributed by atoms with van der Waals surface area (Å²) in [5, 5.41) is 0. The second-order valence-corrected chi connectivity index (χ2v) is 10.5. The van der Waals surface area contributed by atoms with Gasteiger partial charge < -0.3 is 14.2 Å². The standard InChI is InChI=1S/C24H32BrNO5S2/c1-5-30-19-14-17(13-18(25)22(19)31-12-10-16(2)3)15-20-23(28)26(24(32)33-20)11-8-6-7-9-21(27)29-4/h13-16H,5-12H2,1-4H3/b20-15+. The molecule has 0 radical (unpaired) electrons. The van der Waals surface area contributed by atoms with Crippen LogP contribution in [0.3, 0.4) is 0 Å². The fraction of sp³-hybridized carbons (Fsp3) is 0.542. The number of benzene rings is 1. The van der Waals surface area contributed by atoms with E-state index in [-0.39, 0.29) is 11.9 Å². The maximum atomic E-state index is 12.9. The van der Waals surface area contributed by atoms with E-state index in [1.165, 1.54) is 18.9 Å². The van der Waals surface area contributed by atoms with Gasteiger partial charge in [0.05, 0.1) is 29.7 Å². The van der Waals surface area contributed by atoms with E-state index in [9.17, 15) is 9.59 Å². The average molecular weight is 559 g/mol. The highest BCUT2D eigenvalue weighted by molar-refractivity contribution is 9.10. The number of rotatable bonds is 13. The van der Waals surface area contributed by atoms with E-state index in [1.807, 2.05) is 25.1 Å². The zero-order valence-corrected chi connectivity index (χ0v) is 22.9. The first-order chi connectivity index (χ1) is 15.8. The third-order valence-electron chi connectivity index (χ3n) is 4.93. The van der Waals surface area contributed by atoms with Gasteiger partial charge in [-0.1, -0.05) is 44.2 Å². The predicted molar refractivity (Wildman–Crippen MR) is 141 cm³/mol. The van der Waals surface area contributed by atoms with Gasteiger partial charge in [-0.15, -0.1) is 0 Å². The minimum Gasteiger partial charge on any atom is -0.490 e. The van der Waals surface area contributed by atoms with Gasteiger partial charge in [0.25, 0.3) is 5.91 Å². The van der Waals surface area contributed by atoms with E-state index in [2.05, 4.69) is 34.5 Å². The van der Waals surface area contributed by atoms with Gasteiger partial charge in [-0.3, -0.25) is 14.5 Å². The quantitative estimate of drug-likeness (QED) is 0.124. The Morgan fingerprint density at radius 1 is 1.24 bits per heavy atom. The van der Waals surface area contributed by atoms with E-state index >= 15 is 0 Å². The summed E-state index contributed by atoms with van der Waals surface area (Å²) in [6.07, 6.45) is 5.51. The molecule has 0 N–H and O–H groups in total. The molecular weight excluding hydrogens is 526 g/mol. The summed E-state index contributed by atoms with van der Waals surface area (Å²) in [5.74, 6) is 1.56. The van der Waals surface area contributed by atoms with Gasteiger partial charge in [0.15, 0.2) is 11.5 Å². The lowest BCUT2D eigenvalue weighted by atomic mass is 10.1. The molecule has 0 bridgehead atoms. The SMILES string of the molecule is CCOc1cc(/C=C2/SC(=S)N(CCCCCC(=O)OC)C2=O)cc(Br)c1OCCC(C)C. The van der Waals surface area contributed by atoms with Gasteiger partial charge in [0.1, 0.15) is 4.32 Å². The van der Waals surface area contributed by atoms with Crippen molar-refractivity contribution < 1.29 is 23.8 Å². The first-order valence-electron chi connectivity index (χ1n) is 11.2. The maximum Gasteiger partial charge on any atom is 0.305 e. The molecule has 9 heteroatoms. The summed E-state index contributed by atoms with van der Waals surface area (Å²) in [4.78, 5) is 26.3. The molecule has 33 heavy (non-hydrogen) atoms. The maximum absolute atomic E-state index is 12.9. The largest absolute Gasteiger partial charge is 0.490 e. The number of ether oxygens (including phenoxy) is 3. The molecule has 1 aliphatic rings. The van der Waals surface area contributed by atoms with Crippen LogP contribution in [0.15, 0.2) is 21.5 Å². The minimum absolute atomic E-state index is 0.0932. The van der Waals surface area contributed by atoms with Crippen molar-refractivity contribution in [1.29, 1.82) is 0 Å². The molecule has 1 heterocycles. The molecule has 1 saturated heterocycles. The number of thiocarbonyl (C=S) groups is 1. The third-order valence-corrected chi connectivity index (χ3v) is 6.90. The Bertz CT molecular complexity index is 888. The predicted octanol–water partition coefficient (Wildman–Crippen LogP) is 6.21. The highest BCUT2D eigenvalue weighted by Crippen LogP contribution is 2.39. The number of carbonyl (C=O) groups excluding carboxylic acids is 2. The molecule has 6 nitrogen and oxygen atoms in total. The lowest BCUT2D eigenvalue weighted by Gasteiger charge is -2.15. The Hall–Kier alpha value is -1.58. The Labute approximate surface area is 214 Å². The van der Waals surface area contributed by atoms with Crippen molar-refractivity contribution in [3.8, 4) is 11.5 Å². The van der Waals surface area contributed by atoms with Crippen LogP contribution in [-0.4, -0.2) is 48.0 Å². The fourth-order valence-electron chi connectivity index (χ4n) is 3.13. The van der Waals surface area contributed by atoms with Crippen LogP contribution in [0.1, 0.15) is 58.4 Å². The smallest absolute Gasteiger partial charge is 0.305 e. The molecular formula is C24H32BrNO5S2. The molecule has 0 saturated carbocycles. The summed E-state index contributed by atoms with van der Waals surface area (Å²) in [7, 11) is 1.39. The van der Waals surface area contributed by atoms with Crippen molar-refractivity contribution in [2.75, 3.05) is 26.9 Å². The Kier molecular flexibility index (Phi) is 11.7. The summed E-state index contributed by atoms with van der Waals surface area (Å²) >= 11 is 10.3. The molecule has 1 fully saturated rings. The molecule has 0 unspecified atom stereocenters. The van der Waals surface area contributed by atoms with Crippen LogP contribution in [0.5, 0.6) is 11.5 Å². The topological polar surface area (TPSA) is 65.1 Å². The van der Waals surface area contributed by atoms with Gasteiger partial charge >= 0.3 is 5.97 Å². The number of hydrogen-bond acceptors (Lipinski definition) is 7. The van der Waals surface area contributed by atoms with Crippen molar-refractivity contribution in [3.63, 3.8) is 0 Å². The third kappa shape index (κ3) is 8.61. The zero-order valence-electron chi connectivity index (χ0n) is 19.6. The number of nitrogens with zero attached hydrogens (tertiary/aromatic N) is 1. The van der Waals surface area contributed by atoms with E-state index in [1.54, 1.807) is 4.90 Å². The molecule has 1 aliphatic heterocycles. The summed E-state index contributed by atoms with van der Waals surface area (Å²) < 4.78 is 17.8. The Morgan fingerprint density at radius 2 is 2.00 bits per heavy atom. The van der Waals surface area contributed by atoms with Crippen LogP contribution in [0.2, 0.25) is 0 Å². The van der Waals surface area contributed by atoms with Crippen LogP contribution in [0, 0.1) is 5.92 Å². The van der Waals surface area contributed by atoms with E-state index < -0.39 is 0 Å². The molecule has 0 spiro atoms. The molecule has 1 aromatic rings. The van der Waals surface area contributed by atoms with Crippen LogP contribution in [-0.2, 0) is 14.3 Å². The van der Waals surface area contributed by atoms with Crippen LogP contribution < -0.4 is 9.47 Å². The Balaban J connectivity index is 2.07. The Morgan fingerprint density at radius 3 is 2.67 bits per heavy atom. The van der Waals surface area contributed by atoms with Crippen LogP contribution in [0.4, 0.5) is 0 Å². The van der Waals surface area contributed by atoms with Crippen molar-refractivity contribution in [2.24, 2.45) is 5.92 Å². The van der Waals surface area contributed by atoms with Crippen molar-refractivity contribution in [1.82, 2.24) is 4.90 Å². The van der Waals surface area contributed by atoms with Crippen molar-refractivity contribution in [3.05, 3.63) is 27.1 Å². The number of methoxy groups -OCH3 is 1. The van der Waals surface area contributed by atoms with E-state index in [4.69, 9.17) is 21.7 Å². The normalized spacial score (nSPS) is 15.0. The van der Waals surface area contributed by atoms with Gasteiger partial charge in [-0.05, 0) is 71.8 Å². The van der Waals surface area contributed by atoms with E-state index in [0.717, 1.165) is 35.7 Å². The molecule has 1 amide bonds. The van der Waals surface area contributed by atoms with Gasteiger partial charge in [-0.25, -0.2) is 0 Å². The number of thioether (sulfide) groups is 1. The molecule has 1 aromatic carbocycles. The number of unbranched alkanes of at least 4 members (excludes halogenated alkanes) is 2. The molecule has 2 rings (SSSR count). The lowest BCUT2D eigenvalue weighted by molar-refractivity contribution is -0.140. The lowest BCUT2D eigenvalue weighted by Crippen LogP contribution is -2.29. The number of carbonyl (C=O) groups is 2. The summed E-state index contributed by atoms with van der Waals surface area (Å²) in [5.41, 5.74) is 0.833. The molecule has 0 aromatic heterocycles. The van der Waals surface area contributed by atoms with Gasteiger partial charge in [-0.2, -0.15) is 0 Å². The number of amides is 1. The molecule has 182 valence electrons. The summed E-state index contributed by atoms with van der Waals surface area (Å²) in [6, 6.07) is 3.81. The van der Waals surface area contributed by atoms with Crippen molar-refractivity contribution >= 4 is 62.2 Å². The average Bonchev–Trinajstić information content (AvgIpc) is 3.02. The van der Waals surface area contributed by atoms with Crippen LogP contribution in [0.25, 0.3) is 6.08 Å². The number of esters is 1. The summed E-state index contributed by atoms with van der Waals surface area (Å²) in [6.45, 7) is 7.89. The minimum atomic E-state index is -0.211. The second-order valence-electron chi connectivity index (χ2n) is 8.01. The molecule has 0 atom stereocenters.